The summed E-state index contributed by atoms with van der Waals surface area (Å²) in [5, 5.41) is 3.24. The molecule has 3 aromatic carbocycles. The Hall–Kier alpha value is -3.51. The van der Waals surface area contributed by atoms with Gasteiger partial charge in [-0.25, -0.2) is 4.98 Å². The van der Waals surface area contributed by atoms with Gasteiger partial charge >= 0.3 is 0 Å². The van der Waals surface area contributed by atoms with Gasteiger partial charge in [0.15, 0.2) is 5.58 Å². The van der Waals surface area contributed by atoms with Crippen LogP contribution in [0.15, 0.2) is 59.0 Å². The van der Waals surface area contributed by atoms with E-state index in [1.807, 2.05) is 12.1 Å². The number of hydrogen-bond acceptors (Lipinski definition) is 5. The highest BCUT2D eigenvalue weighted by molar-refractivity contribution is 6.34. The fraction of sp³-hybridized carbons (Fsp3) is 0.231. The molecule has 0 bridgehead atoms. The molecule has 0 spiro atoms. The van der Waals surface area contributed by atoms with Crippen LogP contribution in [0.25, 0.3) is 22.6 Å². The maximum absolute atomic E-state index is 13.1. The van der Waals surface area contributed by atoms with Crippen molar-refractivity contribution in [3.8, 4) is 23.0 Å². The Kier molecular flexibility index (Phi) is 6.56. The zero-order valence-electron chi connectivity index (χ0n) is 18.9. The largest absolute Gasteiger partial charge is 0.496 e. The number of nitrogens with zero attached hydrogens (tertiary/aromatic N) is 1. The summed E-state index contributed by atoms with van der Waals surface area (Å²) in [6, 6.07) is 16.5. The molecule has 33 heavy (non-hydrogen) atoms. The Morgan fingerprint density at radius 2 is 1.82 bits per heavy atom. The Morgan fingerprint density at radius 1 is 1.09 bits per heavy atom. The smallest absolute Gasteiger partial charge is 0.263 e. The molecule has 7 heteroatoms. The van der Waals surface area contributed by atoms with Crippen molar-refractivity contribution in [2.45, 2.75) is 26.2 Å². The summed E-state index contributed by atoms with van der Waals surface area (Å²) in [5.74, 6) is 1.29. The number of hydrogen-bond donors (Lipinski definition) is 1. The molecule has 0 fully saturated rings. The Labute approximate surface area is 197 Å². The molecular formula is C26H25ClN2O4. The Morgan fingerprint density at radius 3 is 2.48 bits per heavy atom. The number of fused-ring (bicyclic) bond motifs is 1. The van der Waals surface area contributed by atoms with Crippen molar-refractivity contribution in [3.05, 3.63) is 70.7 Å². The maximum Gasteiger partial charge on any atom is 0.263 e. The number of methoxy groups -OCH3 is 2. The zero-order chi connectivity index (χ0) is 23.5. The van der Waals surface area contributed by atoms with Crippen LogP contribution in [0.5, 0.6) is 11.5 Å². The topological polar surface area (TPSA) is 73.6 Å². The maximum atomic E-state index is 13.1. The van der Waals surface area contributed by atoms with Crippen LogP contribution in [-0.2, 0) is 0 Å². The van der Waals surface area contributed by atoms with E-state index in [2.05, 4.69) is 36.3 Å². The van der Waals surface area contributed by atoms with Gasteiger partial charge < -0.3 is 19.2 Å². The van der Waals surface area contributed by atoms with Crippen LogP contribution in [0.1, 0.15) is 42.1 Å². The molecule has 0 aliphatic rings. The van der Waals surface area contributed by atoms with Gasteiger partial charge in [-0.3, -0.25) is 4.79 Å². The molecule has 4 aromatic rings. The number of carbonyl (C=O) groups is 1. The third-order valence-electron chi connectivity index (χ3n) is 5.71. The van der Waals surface area contributed by atoms with Gasteiger partial charge in [-0.1, -0.05) is 37.6 Å². The van der Waals surface area contributed by atoms with Gasteiger partial charge in [-0.2, -0.15) is 0 Å². The van der Waals surface area contributed by atoms with Gasteiger partial charge in [-0.15, -0.1) is 0 Å². The van der Waals surface area contributed by atoms with Crippen molar-refractivity contribution in [3.63, 3.8) is 0 Å². The second-order valence-electron chi connectivity index (χ2n) is 7.74. The van der Waals surface area contributed by atoms with Gasteiger partial charge in [0.1, 0.15) is 22.6 Å². The highest BCUT2D eigenvalue weighted by Gasteiger charge is 2.20. The van der Waals surface area contributed by atoms with Crippen LogP contribution in [0.4, 0.5) is 5.69 Å². The molecule has 1 heterocycles. The van der Waals surface area contributed by atoms with Crippen LogP contribution in [0, 0.1) is 0 Å². The number of benzene rings is 3. The minimum Gasteiger partial charge on any atom is -0.496 e. The lowest BCUT2D eigenvalue weighted by Crippen LogP contribution is -2.15. The predicted molar refractivity (Wildman–Crippen MR) is 131 cm³/mol. The fourth-order valence-electron chi connectivity index (χ4n) is 3.62. The summed E-state index contributed by atoms with van der Waals surface area (Å²) in [4.78, 5) is 17.7. The number of rotatable bonds is 7. The van der Waals surface area contributed by atoms with E-state index < -0.39 is 5.91 Å². The molecule has 0 aliphatic carbocycles. The Balaban J connectivity index is 1.67. The van der Waals surface area contributed by atoms with Crippen molar-refractivity contribution in [2.24, 2.45) is 0 Å². The molecule has 0 unspecified atom stereocenters. The van der Waals surface area contributed by atoms with Crippen molar-refractivity contribution in [1.82, 2.24) is 4.98 Å². The fourth-order valence-corrected chi connectivity index (χ4v) is 3.79. The molecule has 6 nitrogen and oxygen atoms in total. The van der Waals surface area contributed by atoms with Crippen LogP contribution >= 0.6 is 11.6 Å². The summed E-state index contributed by atoms with van der Waals surface area (Å²) in [6.45, 7) is 4.35. The lowest BCUT2D eigenvalue weighted by Gasteiger charge is -2.14. The van der Waals surface area contributed by atoms with Crippen LogP contribution in [0.3, 0.4) is 0 Å². The Bertz CT molecular complexity index is 1290. The monoisotopic (exact) mass is 464 g/mol. The summed E-state index contributed by atoms with van der Waals surface area (Å²) in [6.07, 6.45) is 1.05. The molecule has 1 N–H and O–H groups in total. The SMILES string of the molecule is CC[C@@H](C)c1ccc2oc(-c3ccc(Cl)c(NC(=O)c4c(OC)cccc4OC)c3)nc2c1. The molecule has 0 saturated carbocycles. The first-order valence-corrected chi connectivity index (χ1v) is 11.1. The first kappa shape index (κ1) is 22.7. The van der Waals surface area contributed by atoms with Crippen LogP contribution in [0.2, 0.25) is 5.02 Å². The van der Waals surface area contributed by atoms with E-state index in [1.165, 1.54) is 19.8 Å². The first-order chi connectivity index (χ1) is 15.9. The number of aromatic nitrogens is 1. The number of halogens is 1. The number of amides is 1. The van der Waals surface area contributed by atoms with E-state index in [0.717, 1.165) is 11.9 Å². The minimum absolute atomic E-state index is 0.281. The van der Waals surface area contributed by atoms with Crippen molar-refractivity contribution >= 4 is 34.3 Å². The van der Waals surface area contributed by atoms with Crippen LogP contribution < -0.4 is 14.8 Å². The summed E-state index contributed by atoms with van der Waals surface area (Å²) < 4.78 is 16.7. The second-order valence-corrected chi connectivity index (χ2v) is 8.15. The van der Waals surface area contributed by atoms with Crippen molar-refractivity contribution in [2.75, 3.05) is 19.5 Å². The number of nitrogens with one attached hydrogen (secondary N) is 1. The lowest BCUT2D eigenvalue weighted by molar-refractivity contribution is 0.102. The second kappa shape index (κ2) is 9.55. The van der Waals surface area contributed by atoms with E-state index in [4.69, 9.17) is 25.5 Å². The average Bonchev–Trinajstić information content (AvgIpc) is 3.27. The molecule has 0 radical (unpaired) electrons. The standard InChI is InChI=1S/C26H25ClN2O4/c1-5-15(2)16-10-12-21-20(13-16)29-26(33-21)17-9-11-18(27)19(14-17)28-25(30)24-22(31-3)7-6-8-23(24)32-4/h6-15H,5H2,1-4H3,(H,28,30)/t15-/m1/s1. The quantitative estimate of drug-likeness (QED) is 0.321. The van der Waals surface area contributed by atoms with E-state index in [-0.39, 0.29) is 5.56 Å². The average molecular weight is 465 g/mol. The highest BCUT2D eigenvalue weighted by Crippen LogP contribution is 2.34. The van der Waals surface area contributed by atoms with Gasteiger partial charge in [0, 0.05) is 5.56 Å². The van der Waals surface area contributed by atoms with Gasteiger partial charge in [0.25, 0.3) is 5.91 Å². The van der Waals surface area contributed by atoms with Gasteiger partial charge in [-0.05, 0) is 60.4 Å². The van der Waals surface area contributed by atoms with Gasteiger partial charge in [0.2, 0.25) is 5.89 Å². The van der Waals surface area contributed by atoms with E-state index in [0.29, 0.717) is 45.2 Å². The highest BCUT2D eigenvalue weighted by atomic mass is 35.5. The molecule has 170 valence electrons. The predicted octanol–water partition coefficient (Wildman–Crippen LogP) is 6.93. The first-order valence-electron chi connectivity index (χ1n) is 10.7. The van der Waals surface area contributed by atoms with Gasteiger partial charge in [0.05, 0.1) is 24.9 Å². The molecule has 1 atom stereocenters. The third kappa shape index (κ3) is 4.52. The minimum atomic E-state index is -0.404. The summed E-state index contributed by atoms with van der Waals surface area (Å²) in [5.41, 5.74) is 4.12. The molecular weight excluding hydrogens is 440 g/mol. The van der Waals surface area contributed by atoms with E-state index >= 15 is 0 Å². The van der Waals surface area contributed by atoms with E-state index in [9.17, 15) is 4.79 Å². The van der Waals surface area contributed by atoms with E-state index in [1.54, 1.807) is 30.3 Å². The van der Waals surface area contributed by atoms with Crippen molar-refractivity contribution < 1.29 is 18.7 Å². The number of ether oxygens (including phenoxy) is 2. The number of oxazole rings is 1. The summed E-state index contributed by atoms with van der Waals surface area (Å²) >= 11 is 6.38. The third-order valence-corrected chi connectivity index (χ3v) is 6.04. The zero-order valence-corrected chi connectivity index (χ0v) is 19.7. The van der Waals surface area contributed by atoms with Crippen molar-refractivity contribution in [1.29, 1.82) is 0 Å². The summed E-state index contributed by atoms with van der Waals surface area (Å²) in [7, 11) is 3.00. The molecule has 4 rings (SSSR count). The molecule has 0 saturated heterocycles. The van der Waals surface area contributed by atoms with Crippen LogP contribution in [-0.4, -0.2) is 25.1 Å². The molecule has 1 amide bonds. The normalized spacial score (nSPS) is 11.9. The number of carbonyl (C=O) groups excluding carboxylic acids is 1. The lowest BCUT2D eigenvalue weighted by atomic mass is 9.98. The molecule has 0 aliphatic heterocycles. The molecule has 1 aromatic heterocycles. The number of anilines is 1.